The number of aliphatic hydroxyl groups excluding tert-OH is 1. The maximum atomic E-state index is 10.3. The molecule has 0 bridgehead atoms. The van der Waals surface area contributed by atoms with Gasteiger partial charge in [-0.15, -0.1) is 0 Å². The van der Waals surface area contributed by atoms with Gasteiger partial charge in [-0.3, -0.25) is 0 Å². The molecule has 0 saturated heterocycles. The largest absolute Gasteiger partial charge is 0.388 e. The Hall–Kier alpha value is -0.800. The van der Waals surface area contributed by atoms with E-state index in [4.69, 9.17) is 0 Å². The number of fused-ring (bicyclic) bond motifs is 1. The van der Waals surface area contributed by atoms with Gasteiger partial charge in [0.15, 0.2) is 0 Å². The summed E-state index contributed by atoms with van der Waals surface area (Å²) in [6, 6.07) is 2.18. The fourth-order valence-corrected chi connectivity index (χ4v) is 3.14. The Morgan fingerprint density at radius 2 is 2.16 bits per heavy atom. The van der Waals surface area contributed by atoms with E-state index in [9.17, 15) is 5.11 Å². The smallest absolute Gasteiger partial charge is 0.0812 e. The third-order valence-corrected chi connectivity index (χ3v) is 4.45. The average molecular weight is 264 g/mol. The van der Waals surface area contributed by atoms with E-state index < -0.39 is 0 Å². The first kappa shape index (κ1) is 14.6. The van der Waals surface area contributed by atoms with E-state index in [1.54, 1.807) is 0 Å². The molecule has 3 nitrogen and oxygen atoms in total. The van der Waals surface area contributed by atoms with Crippen molar-refractivity contribution in [3.8, 4) is 0 Å². The molecule has 1 atom stereocenters. The molecule has 0 amide bonds. The minimum Gasteiger partial charge on any atom is -0.388 e. The Morgan fingerprint density at radius 3 is 2.79 bits per heavy atom. The Bertz CT molecular complexity index is 448. The molecule has 0 saturated carbocycles. The number of rotatable bonds is 4. The van der Waals surface area contributed by atoms with Crippen LogP contribution in [0.3, 0.4) is 0 Å². The number of nitrogens with zero attached hydrogens (tertiary/aromatic N) is 2. The quantitative estimate of drug-likeness (QED) is 0.906. The predicted octanol–water partition coefficient (Wildman–Crippen LogP) is 2.75. The molecule has 1 aromatic heterocycles. The van der Waals surface area contributed by atoms with E-state index >= 15 is 0 Å². The highest BCUT2D eigenvalue weighted by molar-refractivity contribution is 5.33. The number of aryl methyl sites for hydroxylation is 1. The fraction of sp³-hybridized carbons (Fsp3) is 0.750. The zero-order chi connectivity index (χ0) is 14.2. The van der Waals surface area contributed by atoms with E-state index in [-0.39, 0.29) is 11.5 Å². The second-order valence-corrected chi connectivity index (χ2v) is 6.80. The highest BCUT2D eigenvalue weighted by Gasteiger charge is 2.33. The van der Waals surface area contributed by atoms with E-state index in [2.05, 4.69) is 50.3 Å². The summed E-state index contributed by atoms with van der Waals surface area (Å²) in [5, 5.41) is 10.3. The number of likely N-dealkylation sites (N-methyl/N-ethyl adjacent to an activating group) is 1. The number of hydrogen-bond acceptors (Lipinski definition) is 2. The van der Waals surface area contributed by atoms with Gasteiger partial charge in [-0.25, -0.2) is 0 Å². The van der Waals surface area contributed by atoms with E-state index in [0.717, 1.165) is 38.0 Å². The molecule has 2 rings (SSSR count). The number of aromatic nitrogens is 1. The molecule has 1 unspecified atom stereocenters. The van der Waals surface area contributed by atoms with Gasteiger partial charge >= 0.3 is 0 Å². The van der Waals surface area contributed by atoms with Crippen LogP contribution in [0.4, 0.5) is 0 Å². The van der Waals surface area contributed by atoms with E-state index in [0.29, 0.717) is 0 Å². The zero-order valence-electron chi connectivity index (χ0n) is 13.0. The van der Waals surface area contributed by atoms with Gasteiger partial charge < -0.3 is 14.6 Å². The summed E-state index contributed by atoms with van der Waals surface area (Å²) in [4.78, 5) is 2.33. The van der Waals surface area contributed by atoms with E-state index in [1.807, 2.05) is 0 Å². The lowest BCUT2D eigenvalue weighted by molar-refractivity contribution is 0.0978. The molecule has 1 aliphatic rings. The summed E-state index contributed by atoms with van der Waals surface area (Å²) < 4.78 is 2.41. The zero-order valence-corrected chi connectivity index (χ0v) is 13.0. The lowest BCUT2D eigenvalue weighted by Gasteiger charge is -2.34. The first-order valence-corrected chi connectivity index (χ1v) is 7.39. The van der Waals surface area contributed by atoms with Crippen LogP contribution in [-0.2, 0) is 13.0 Å². The van der Waals surface area contributed by atoms with Gasteiger partial charge in [0.25, 0.3) is 0 Å². The maximum absolute atomic E-state index is 10.3. The normalized spacial score (nSPS) is 21.7. The molecule has 0 spiro atoms. The van der Waals surface area contributed by atoms with Crippen molar-refractivity contribution >= 4 is 0 Å². The van der Waals surface area contributed by atoms with Gasteiger partial charge in [0.2, 0.25) is 0 Å². The van der Waals surface area contributed by atoms with Gasteiger partial charge in [-0.2, -0.15) is 0 Å². The summed E-state index contributed by atoms with van der Waals surface area (Å²) in [6.07, 6.45) is 1.66. The Balaban J connectivity index is 2.26. The molecule has 1 aliphatic carbocycles. The molecule has 0 radical (unpaired) electrons. The minimum atomic E-state index is -0.289. The number of hydrogen-bond donors (Lipinski definition) is 1. The van der Waals surface area contributed by atoms with Crippen LogP contribution in [0.25, 0.3) is 0 Å². The molecule has 0 aromatic carbocycles. The maximum Gasteiger partial charge on any atom is 0.0812 e. The third kappa shape index (κ3) is 3.03. The van der Waals surface area contributed by atoms with Crippen molar-refractivity contribution in [3.63, 3.8) is 0 Å². The molecule has 3 heteroatoms. The van der Waals surface area contributed by atoms with Crippen LogP contribution < -0.4 is 0 Å². The average Bonchev–Trinajstić information content (AvgIpc) is 2.61. The molecule has 0 fully saturated rings. The molecule has 1 N–H and O–H groups in total. The summed E-state index contributed by atoms with van der Waals surface area (Å²) in [5.74, 6) is 0. The molecular formula is C16H28N2O. The highest BCUT2D eigenvalue weighted by Crippen LogP contribution is 2.41. The second kappa shape index (κ2) is 5.29. The van der Waals surface area contributed by atoms with Crippen LogP contribution in [0, 0.1) is 12.3 Å². The third-order valence-electron chi connectivity index (χ3n) is 4.45. The van der Waals surface area contributed by atoms with Crippen LogP contribution in [-0.4, -0.2) is 34.7 Å². The molecule has 19 heavy (non-hydrogen) atoms. The van der Waals surface area contributed by atoms with Crippen molar-refractivity contribution < 1.29 is 5.11 Å². The van der Waals surface area contributed by atoms with E-state index in [1.165, 1.54) is 11.4 Å². The first-order valence-electron chi connectivity index (χ1n) is 7.39. The summed E-state index contributed by atoms with van der Waals surface area (Å²) in [6.45, 7) is 12.0. The van der Waals surface area contributed by atoms with Crippen LogP contribution >= 0.6 is 0 Å². The van der Waals surface area contributed by atoms with Crippen LogP contribution in [0.15, 0.2) is 6.07 Å². The monoisotopic (exact) mass is 264 g/mol. The standard InChI is InChI=1S/C16H28N2O/c1-6-17(5)7-8-18-12(2)9-13-14(18)10-16(3,4)11-15(13)19/h9,15,19H,6-8,10-11H2,1-5H3. The SMILES string of the molecule is CCN(C)CCn1c(C)cc2c1CC(C)(C)CC2O. The van der Waals surface area contributed by atoms with Gasteiger partial charge in [0, 0.05) is 30.0 Å². The summed E-state index contributed by atoms with van der Waals surface area (Å²) in [7, 11) is 2.16. The predicted molar refractivity (Wildman–Crippen MR) is 79.4 cm³/mol. The van der Waals surface area contributed by atoms with Gasteiger partial charge in [-0.05, 0) is 44.8 Å². The van der Waals surface area contributed by atoms with Crippen LogP contribution in [0.2, 0.25) is 0 Å². The molecule has 108 valence electrons. The Labute approximate surface area is 117 Å². The van der Waals surface area contributed by atoms with Crippen molar-refractivity contribution in [2.75, 3.05) is 20.1 Å². The summed E-state index contributed by atoms with van der Waals surface area (Å²) >= 11 is 0. The summed E-state index contributed by atoms with van der Waals surface area (Å²) in [5.41, 5.74) is 4.00. The first-order chi connectivity index (χ1) is 8.84. The Kier molecular flexibility index (Phi) is 4.07. The topological polar surface area (TPSA) is 28.4 Å². The minimum absolute atomic E-state index is 0.200. The second-order valence-electron chi connectivity index (χ2n) is 6.80. The van der Waals surface area contributed by atoms with Crippen molar-refractivity contribution in [2.45, 2.75) is 53.2 Å². The molecule has 1 heterocycles. The van der Waals surface area contributed by atoms with Gasteiger partial charge in [0.05, 0.1) is 6.10 Å². The Morgan fingerprint density at radius 1 is 1.47 bits per heavy atom. The van der Waals surface area contributed by atoms with Crippen LogP contribution in [0.5, 0.6) is 0 Å². The van der Waals surface area contributed by atoms with Crippen molar-refractivity contribution in [1.82, 2.24) is 9.47 Å². The molecular weight excluding hydrogens is 236 g/mol. The highest BCUT2D eigenvalue weighted by atomic mass is 16.3. The van der Waals surface area contributed by atoms with Gasteiger partial charge in [0.1, 0.15) is 0 Å². The van der Waals surface area contributed by atoms with Crippen molar-refractivity contribution in [3.05, 3.63) is 23.0 Å². The number of aliphatic hydroxyl groups is 1. The fourth-order valence-electron chi connectivity index (χ4n) is 3.14. The van der Waals surface area contributed by atoms with Crippen molar-refractivity contribution in [2.24, 2.45) is 5.41 Å². The van der Waals surface area contributed by atoms with Gasteiger partial charge in [-0.1, -0.05) is 20.8 Å². The van der Waals surface area contributed by atoms with Crippen molar-refractivity contribution in [1.29, 1.82) is 0 Å². The lowest BCUT2D eigenvalue weighted by Crippen LogP contribution is -2.29. The molecule has 1 aromatic rings. The lowest BCUT2D eigenvalue weighted by atomic mass is 9.75. The van der Waals surface area contributed by atoms with Crippen LogP contribution in [0.1, 0.15) is 50.2 Å². The molecule has 0 aliphatic heterocycles.